The highest BCUT2D eigenvalue weighted by molar-refractivity contribution is 9.10. The Bertz CT molecular complexity index is 447. The molecule has 0 atom stereocenters. The van der Waals surface area contributed by atoms with Gasteiger partial charge in [0.15, 0.2) is 0 Å². The van der Waals surface area contributed by atoms with Gasteiger partial charge in [0.1, 0.15) is 10.4 Å². The molecular formula is C9H10BrN3. The number of hydrogen-bond donors (Lipinski definition) is 1. The maximum atomic E-state index is 5.58. The third kappa shape index (κ3) is 1.26. The minimum Gasteiger partial charge on any atom is -0.324 e. The van der Waals surface area contributed by atoms with Gasteiger partial charge in [-0.1, -0.05) is 6.07 Å². The first-order valence-electron chi connectivity index (χ1n) is 4.06. The summed E-state index contributed by atoms with van der Waals surface area (Å²) in [6.07, 6.45) is 1.97. The van der Waals surface area contributed by atoms with Crippen molar-refractivity contribution in [2.45, 2.75) is 13.5 Å². The van der Waals surface area contributed by atoms with Gasteiger partial charge in [-0.15, -0.1) is 0 Å². The van der Waals surface area contributed by atoms with Crippen LogP contribution in [0.25, 0.3) is 5.52 Å². The molecule has 0 amide bonds. The first-order valence-corrected chi connectivity index (χ1v) is 4.85. The number of aromatic nitrogens is 2. The number of fused-ring (bicyclic) bond motifs is 1. The second-order valence-electron chi connectivity index (χ2n) is 2.93. The van der Waals surface area contributed by atoms with Crippen LogP contribution in [-0.4, -0.2) is 9.38 Å². The number of imidazole rings is 1. The molecule has 0 saturated carbocycles. The molecule has 0 radical (unpaired) electrons. The highest BCUT2D eigenvalue weighted by Gasteiger charge is 2.08. The summed E-state index contributed by atoms with van der Waals surface area (Å²) in [5.41, 5.74) is 7.87. The zero-order chi connectivity index (χ0) is 9.42. The molecule has 0 aliphatic heterocycles. The quantitative estimate of drug-likeness (QED) is 0.826. The lowest BCUT2D eigenvalue weighted by molar-refractivity contribution is 0.900. The Morgan fingerprint density at radius 3 is 3.08 bits per heavy atom. The number of nitrogens with zero attached hydrogens (tertiary/aromatic N) is 2. The largest absolute Gasteiger partial charge is 0.324 e. The van der Waals surface area contributed by atoms with Gasteiger partial charge in [-0.05, 0) is 34.5 Å². The van der Waals surface area contributed by atoms with Crippen LogP contribution in [-0.2, 0) is 6.54 Å². The number of rotatable bonds is 1. The van der Waals surface area contributed by atoms with Gasteiger partial charge in [0.05, 0.1) is 12.1 Å². The summed E-state index contributed by atoms with van der Waals surface area (Å²) in [5.74, 6) is 0.880. The Labute approximate surface area is 84.7 Å². The monoisotopic (exact) mass is 239 g/mol. The average Bonchev–Trinajstić information content (AvgIpc) is 2.44. The van der Waals surface area contributed by atoms with Crippen LogP contribution in [0, 0.1) is 6.92 Å². The molecule has 2 rings (SSSR count). The maximum absolute atomic E-state index is 5.58. The second kappa shape index (κ2) is 3.12. The Morgan fingerprint density at radius 1 is 1.62 bits per heavy atom. The molecule has 3 nitrogen and oxygen atoms in total. The molecular weight excluding hydrogens is 230 g/mol. The first-order chi connectivity index (χ1) is 6.24. The van der Waals surface area contributed by atoms with Gasteiger partial charge < -0.3 is 10.1 Å². The van der Waals surface area contributed by atoms with Crippen molar-refractivity contribution >= 4 is 21.4 Å². The summed E-state index contributed by atoms with van der Waals surface area (Å²) < 4.78 is 2.88. The van der Waals surface area contributed by atoms with Crippen LogP contribution < -0.4 is 5.73 Å². The molecule has 0 bridgehead atoms. The van der Waals surface area contributed by atoms with E-state index in [1.807, 2.05) is 16.7 Å². The molecule has 0 aromatic carbocycles. The minimum atomic E-state index is 0.455. The van der Waals surface area contributed by atoms with Crippen molar-refractivity contribution in [2.24, 2.45) is 5.73 Å². The van der Waals surface area contributed by atoms with Crippen molar-refractivity contribution < 1.29 is 0 Å². The van der Waals surface area contributed by atoms with Crippen LogP contribution in [0.1, 0.15) is 11.4 Å². The highest BCUT2D eigenvalue weighted by Crippen LogP contribution is 2.21. The zero-order valence-corrected chi connectivity index (χ0v) is 8.87. The van der Waals surface area contributed by atoms with Gasteiger partial charge in [0.2, 0.25) is 0 Å². The number of aryl methyl sites for hydroxylation is 1. The van der Waals surface area contributed by atoms with E-state index in [-0.39, 0.29) is 0 Å². The number of halogens is 1. The standard InChI is InChI=1S/C9H10BrN3/c1-6-3-2-4-13-7(5-11)12-9(10)8(6)13/h2-4H,5,11H2,1H3. The van der Waals surface area contributed by atoms with Gasteiger partial charge in [0.25, 0.3) is 0 Å². The van der Waals surface area contributed by atoms with E-state index in [0.29, 0.717) is 6.54 Å². The predicted molar refractivity (Wildman–Crippen MR) is 55.5 cm³/mol. The van der Waals surface area contributed by atoms with E-state index in [2.05, 4.69) is 33.9 Å². The fourth-order valence-corrected chi connectivity index (χ4v) is 2.17. The van der Waals surface area contributed by atoms with E-state index >= 15 is 0 Å². The summed E-state index contributed by atoms with van der Waals surface area (Å²) in [6, 6.07) is 4.05. The molecule has 0 aliphatic carbocycles. The molecule has 0 aliphatic rings. The van der Waals surface area contributed by atoms with Crippen LogP contribution in [0.5, 0.6) is 0 Å². The molecule has 2 aromatic rings. The average molecular weight is 240 g/mol. The topological polar surface area (TPSA) is 43.3 Å². The fourth-order valence-electron chi connectivity index (χ4n) is 1.46. The molecule has 2 heterocycles. The molecule has 68 valence electrons. The fraction of sp³-hybridized carbons (Fsp3) is 0.222. The van der Waals surface area contributed by atoms with Crippen molar-refractivity contribution in [2.75, 3.05) is 0 Å². The molecule has 4 heteroatoms. The van der Waals surface area contributed by atoms with E-state index in [1.54, 1.807) is 0 Å². The van der Waals surface area contributed by atoms with Crippen molar-refractivity contribution in [3.8, 4) is 0 Å². The lowest BCUT2D eigenvalue weighted by atomic mass is 10.3. The predicted octanol–water partition coefficient (Wildman–Crippen LogP) is 1.86. The lowest BCUT2D eigenvalue weighted by Gasteiger charge is -1.99. The summed E-state index contributed by atoms with van der Waals surface area (Å²) in [7, 11) is 0. The third-order valence-electron chi connectivity index (χ3n) is 2.08. The SMILES string of the molecule is Cc1cccn2c(CN)nc(Br)c12. The van der Waals surface area contributed by atoms with E-state index < -0.39 is 0 Å². The first kappa shape index (κ1) is 8.72. The van der Waals surface area contributed by atoms with Gasteiger partial charge >= 0.3 is 0 Å². The summed E-state index contributed by atoms with van der Waals surface area (Å²) in [5, 5.41) is 0. The maximum Gasteiger partial charge on any atom is 0.132 e. The van der Waals surface area contributed by atoms with Crippen molar-refractivity contribution in [1.29, 1.82) is 0 Å². The van der Waals surface area contributed by atoms with Gasteiger partial charge in [-0.2, -0.15) is 0 Å². The Morgan fingerprint density at radius 2 is 2.38 bits per heavy atom. The van der Waals surface area contributed by atoms with Crippen LogP contribution in [0.3, 0.4) is 0 Å². The van der Waals surface area contributed by atoms with Crippen LogP contribution in [0.2, 0.25) is 0 Å². The zero-order valence-electron chi connectivity index (χ0n) is 7.29. The van der Waals surface area contributed by atoms with Crippen LogP contribution in [0.15, 0.2) is 22.9 Å². The van der Waals surface area contributed by atoms with Gasteiger partial charge in [0, 0.05) is 6.20 Å². The summed E-state index contributed by atoms with van der Waals surface area (Å²) in [4.78, 5) is 4.32. The van der Waals surface area contributed by atoms with Crippen LogP contribution in [0.4, 0.5) is 0 Å². The van der Waals surface area contributed by atoms with E-state index in [4.69, 9.17) is 5.73 Å². The van der Waals surface area contributed by atoms with Crippen LogP contribution >= 0.6 is 15.9 Å². The second-order valence-corrected chi connectivity index (χ2v) is 3.68. The Balaban J connectivity index is 2.87. The highest BCUT2D eigenvalue weighted by atomic mass is 79.9. The van der Waals surface area contributed by atoms with Crippen molar-refractivity contribution in [3.05, 3.63) is 34.3 Å². The number of hydrogen-bond acceptors (Lipinski definition) is 2. The Kier molecular flexibility index (Phi) is 2.09. The van der Waals surface area contributed by atoms with E-state index in [0.717, 1.165) is 15.9 Å². The molecule has 2 aromatic heterocycles. The van der Waals surface area contributed by atoms with Crippen molar-refractivity contribution in [1.82, 2.24) is 9.38 Å². The minimum absolute atomic E-state index is 0.455. The molecule has 0 saturated heterocycles. The molecule has 13 heavy (non-hydrogen) atoms. The molecule has 0 unspecified atom stereocenters. The summed E-state index contributed by atoms with van der Waals surface area (Å²) >= 11 is 3.42. The molecule has 0 spiro atoms. The summed E-state index contributed by atoms with van der Waals surface area (Å²) in [6.45, 7) is 2.51. The van der Waals surface area contributed by atoms with Gasteiger partial charge in [-0.3, -0.25) is 0 Å². The Hall–Kier alpha value is -0.870. The third-order valence-corrected chi connectivity index (χ3v) is 2.63. The molecule has 0 fully saturated rings. The van der Waals surface area contributed by atoms with Crippen molar-refractivity contribution in [3.63, 3.8) is 0 Å². The van der Waals surface area contributed by atoms with Gasteiger partial charge in [-0.25, -0.2) is 4.98 Å². The van der Waals surface area contributed by atoms with E-state index in [1.165, 1.54) is 5.56 Å². The number of nitrogens with two attached hydrogens (primary N) is 1. The smallest absolute Gasteiger partial charge is 0.132 e. The van der Waals surface area contributed by atoms with E-state index in [9.17, 15) is 0 Å². The normalized spacial score (nSPS) is 11.0. The lowest BCUT2D eigenvalue weighted by Crippen LogP contribution is -2.02. The molecule has 2 N–H and O–H groups in total. The number of pyridine rings is 1.